The Kier molecular flexibility index (Phi) is 8.97. The molecule has 0 saturated heterocycles. The summed E-state index contributed by atoms with van der Waals surface area (Å²) < 4.78 is 0. The van der Waals surface area contributed by atoms with E-state index < -0.39 is 0 Å². The number of hydrogen-bond acceptors (Lipinski definition) is 2. The molecule has 3 aliphatic carbocycles. The van der Waals surface area contributed by atoms with Gasteiger partial charge in [0.25, 0.3) is 5.91 Å². The number of carbonyl (C=O) groups is 2. The van der Waals surface area contributed by atoms with E-state index in [1.165, 1.54) is 32.1 Å². The minimum absolute atomic E-state index is 0.0423. The average molecular weight is 501 g/mol. The molecule has 1 atom stereocenters. The minimum atomic E-state index is -0.373. The highest BCUT2D eigenvalue weighted by molar-refractivity contribution is 6.03. The molecule has 3 fully saturated rings. The van der Waals surface area contributed by atoms with Gasteiger partial charge in [0.1, 0.15) is 6.04 Å². The van der Waals surface area contributed by atoms with Crippen LogP contribution in [0.4, 0.5) is 0 Å². The highest BCUT2D eigenvalue weighted by atomic mass is 16.2. The van der Waals surface area contributed by atoms with Crippen LogP contribution >= 0.6 is 0 Å². The fraction of sp³-hybridized carbons (Fsp3) is 0.576. The van der Waals surface area contributed by atoms with Crippen molar-refractivity contribution < 1.29 is 9.59 Å². The zero-order chi connectivity index (χ0) is 25.5. The van der Waals surface area contributed by atoms with Gasteiger partial charge in [-0.15, -0.1) is 0 Å². The highest BCUT2D eigenvalue weighted by Crippen LogP contribution is 2.36. The number of carbonyl (C=O) groups excluding carboxylic acids is 2. The Hall–Kier alpha value is -2.62. The Labute approximate surface area is 223 Å². The summed E-state index contributed by atoms with van der Waals surface area (Å²) in [4.78, 5) is 30.9. The van der Waals surface area contributed by atoms with Gasteiger partial charge in [-0.1, -0.05) is 106 Å². The van der Waals surface area contributed by atoms with Crippen molar-refractivity contribution in [3.8, 4) is 11.1 Å². The summed E-state index contributed by atoms with van der Waals surface area (Å²) in [6.07, 6.45) is 16.9. The lowest BCUT2D eigenvalue weighted by Crippen LogP contribution is -2.59. The van der Waals surface area contributed by atoms with Gasteiger partial charge in [0.2, 0.25) is 5.91 Å². The fourth-order valence-electron chi connectivity index (χ4n) is 7.11. The van der Waals surface area contributed by atoms with E-state index in [-0.39, 0.29) is 35.9 Å². The maximum absolute atomic E-state index is 14.7. The van der Waals surface area contributed by atoms with Gasteiger partial charge in [0, 0.05) is 17.6 Å². The van der Waals surface area contributed by atoms with Gasteiger partial charge in [0.15, 0.2) is 0 Å². The van der Waals surface area contributed by atoms with E-state index in [4.69, 9.17) is 0 Å². The van der Waals surface area contributed by atoms with E-state index in [1.807, 2.05) is 36.4 Å². The molecule has 2 aromatic rings. The molecule has 0 heterocycles. The van der Waals surface area contributed by atoms with E-state index in [9.17, 15) is 9.59 Å². The molecule has 0 aliphatic heterocycles. The second kappa shape index (κ2) is 12.8. The molecule has 0 aromatic heterocycles. The Bertz CT molecular complexity index is 1020. The fourth-order valence-corrected chi connectivity index (χ4v) is 7.11. The predicted molar refractivity (Wildman–Crippen MR) is 150 cm³/mol. The molecule has 1 unspecified atom stereocenters. The smallest absolute Gasteiger partial charge is 0.255 e. The highest BCUT2D eigenvalue weighted by Gasteiger charge is 2.42. The number of nitrogens with one attached hydrogen (secondary N) is 1. The summed E-state index contributed by atoms with van der Waals surface area (Å²) in [7, 11) is 0. The van der Waals surface area contributed by atoms with Crippen LogP contribution in [0.5, 0.6) is 0 Å². The maximum atomic E-state index is 14.7. The molecule has 0 bridgehead atoms. The van der Waals surface area contributed by atoms with Crippen LogP contribution in [0.15, 0.2) is 54.6 Å². The van der Waals surface area contributed by atoms with E-state index in [1.54, 1.807) is 0 Å². The number of nitrogens with zero attached hydrogens (tertiary/aromatic N) is 1. The molecular weight excluding hydrogens is 456 g/mol. The summed E-state index contributed by atoms with van der Waals surface area (Å²) in [6, 6.07) is 18.2. The van der Waals surface area contributed by atoms with Crippen molar-refractivity contribution in [3.63, 3.8) is 0 Å². The molecule has 2 aromatic carbocycles. The van der Waals surface area contributed by atoms with Crippen LogP contribution in [0.2, 0.25) is 0 Å². The van der Waals surface area contributed by atoms with Gasteiger partial charge in [-0.25, -0.2) is 0 Å². The third-order valence-corrected chi connectivity index (χ3v) is 9.06. The first-order chi connectivity index (χ1) is 18.2. The van der Waals surface area contributed by atoms with Gasteiger partial charge < -0.3 is 10.2 Å². The molecule has 198 valence electrons. The second-order valence-corrected chi connectivity index (χ2v) is 11.6. The number of hydrogen-bond donors (Lipinski definition) is 1. The topological polar surface area (TPSA) is 49.4 Å². The molecular formula is C33H44N2O2. The number of benzene rings is 2. The quantitative estimate of drug-likeness (QED) is 0.427. The van der Waals surface area contributed by atoms with Crippen LogP contribution in [0.25, 0.3) is 11.1 Å². The van der Waals surface area contributed by atoms with Crippen molar-refractivity contribution in [2.75, 3.05) is 0 Å². The summed E-state index contributed by atoms with van der Waals surface area (Å²) in [5.74, 6) is 0.391. The van der Waals surface area contributed by atoms with Gasteiger partial charge in [-0.05, 0) is 61.6 Å². The molecule has 2 amide bonds. The van der Waals surface area contributed by atoms with Crippen LogP contribution in [-0.2, 0) is 4.79 Å². The van der Waals surface area contributed by atoms with E-state index in [0.29, 0.717) is 0 Å². The average Bonchev–Trinajstić information content (AvgIpc) is 2.97. The maximum Gasteiger partial charge on any atom is 0.255 e. The monoisotopic (exact) mass is 500 g/mol. The first kappa shape index (κ1) is 26.0. The largest absolute Gasteiger partial charge is 0.352 e. The molecule has 1 N–H and O–H groups in total. The normalized spacial score (nSPS) is 20.8. The summed E-state index contributed by atoms with van der Waals surface area (Å²) in [5.41, 5.74) is 2.74. The van der Waals surface area contributed by atoms with E-state index in [0.717, 1.165) is 80.9 Å². The van der Waals surface area contributed by atoms with Gasteiger partial charge in [0.05, 0.1) is 0 Å². The molecule has 5 rings (SSSR count). The first-order valence-electron chi connectivity index (χ1n) is 15.0. The first-order valence-corrected chi connectivity index (χ1v) is 15.0. The van der Waals surface area contributed by atoms with Gasteiger partial charge >= 0.3 is 0 Å². The molecule has 3 saturated carbocycles. The summed E-state index contributed by atoms with van der Waals surface area (Å²) in [5, 5.41) is 3.46. The second-order valence-electron chi connectivity index (χ2n) is 11.6. The van der Waals surface area contributed by atoms with E-state index in [2.05, 4.69) is 28.4 Å². The van der Waals surface area contributed by atoms with Gasteiger partial charge in [-0.3, -0.25) is 9.59 Å². The predicted octanol–water partition coefficient (Wildman–Crippen LogP) is 7.53. The van der Waals surface area contributed by atoms with Crippen LogP contribution in [-0.4, -0.2) is 34.8 Å². The van der Waals surface area contributed by atoms with Crippen LogP contribution < -0.4 is 5.32 Å². The summed E-state index contributed by atoms with van der Waals surface area (Å²) in [6.45, 7) is 0. The third-order valence-electron chi connectivity index (χ3n) is 9.06. The molecule has 37 heavy (non-hydrogen) atoms. The Morgan fingerprint density at radius 3 is 1.92 bits per heavy atom. The van der Waals surface area contributed by atoms with Crippen molar-refractivity contribution >= 4 is 11.8 Å². The zero-order valence-electron chi connectivity index (χ0n) is 22.4. The Balaban J connectivity index is 1.52. The van der Waals surface area contributed by atoms with Crippen LogP contribution in [0.3, 0.4) is 0 Å². The van der Waals surface area contributed by atoms with E-state index >= 15 is 0 Å². The lowest BCUT2D eigenvalue weighted by Gasteiger charge is -2.44. The zero-order valence-corrected chi connectivity index (χ0v) is 22.4. The molecule has 0 spiro atoms. The molecule has 4 nitrogen and oxygen atoms in total. The van der Waals surface area contributed by atoms with Crippen LogP contribution in [0.1, 0.15) is 107 Å². The lowest BCUT2D eigenvalue weighted by atomic mass is 9.80. The van der Waals surface area contributed by atoms with Crippen molar-refractivity contribution in [2.45, 2.75) is 114 Å². The molecule has 0 radical (unpaired) electrons. The Morgan fingerprint density at radius 2 is 1.24 bits per heavy atom. The third kappa shape index (κ3) is 6.27. The summed E-state index contributed by atoms with van der Waals surface area (Å²) >= 11 is 0. The standard InChI is InChI=1S/C33H44N2O2/c36-32(34-27-19-9-3-10-20-27)31(26-17-7-2-8-18-26)35(28-21-11-4-12-22-28)33(37)30-24-14-13-23-29(30)25-15-5-1-6-16-25/h1,5-6,13-16,23-24,26-28,31H,2-4,7-12,17-22H2,(H,34,36). The SMILES string of the molecule is O=C(NC1CCCCC1)C(C1CCCCC1)N(C(=O)c1ccccc1-c1ccccc1)C1CCCCC1. The van der Waals surface area contributed by atoms with Crippen LogP contribution in [0, 0.1) is 5.92 Å². The van der Waals surface area contributed by atoms with Crippen molar-refractivity contribution in [2.24, 2.45) is 5.92 Å². The molecule has 3 aliphatic rings. The number of amides is 2. The lowest BCUT2D eigenvalue weighted by molar-refractivity contribution is -0.130. The Morgan fingerprint density at radius 1 is 0.676 bits per heavy atom. The molecule has 4 heteroatoms. The van der Waals surface area contributed by atoms with Crippen molar-refractivity contribution in [1.29, 1.82) is 0 Å². The van der Waals surface area contributed by atoms with Crippen molar-refractivity contribution in [3.05, 3.63) is 60.2 Å². The minimum Gasteiger partial charge on any atom is -0.352 e. The number of rotatable bonds is 7. The van der Waals surface area contributed by atoms with Crippen molar-refractivity contribution in [1.82, 2.24) is 10.2 Å². The van der Waals surface area contributed by atoms with Gasteiger partial charge in [-0.2, -0.15) is 0 Å².